The van der Waals surface area contributed by atoms with Gasteiger partial charge in [-0.15, -0.1) is 0 Å². The Morgan fingerprint density at radius 1 is 0.880 bits per heavy atom. The van der Waals surface area contributed by atoms with E-state index in [1.807, 2.05) is 21.7 Å². The minimum Gasteiger partial charge on any atom is -0.342 e. The minimum atomic E-state index is 0.0974. The highest BCUT2D eigenvalue weighted by Crippen LogP contribution is 2.31. The lowest BCUT2D eigenvalue weighted by molar-refractivity contribution is -0.138. The Morgan fingerprint density at radius 3 is 2.04 bits per heavy atom. The average molecular weight is 348 g/mol. The van der Waals surface area contributed by atoms with E-state index in [0.29, 0.717) is 24.0 Å². The molecule has 0 aromatic rings. The van der Waals surface area contributed by atoms with Crippen molar-refractivity contribution in [1.82, 2.24) is 20.0 Å². The van der Waals surface area contributed by atoms with Gasteiger partial charge in [-0.3, -0.25) is 4.79 Å². The number of urea groups is 1. The van der Waals surface area contributed by atoms with E-state index in [1.165, 1.54) is 12.8 Å². The number of nitrogens with zero attached hydrogens (tertiary/aromatic N) is 3. The fourth-order valence-electron chi connectivity index (χ4n) is 5.24. The second-order valence-electron chi connectivity index (χ2n) is 8.45. The second kappa shape index (κ2) is 7.14. The van der Waals surface area contributed by atoms with Crippen molar-refractivity contribution >= 4 is 11.9 Å². The number of likely N-dealkylation sites (tertiary alicyclic amines) is 2. The fraction of sp³-hybridized carbons (Fsp3) is 0.895. The van der Waals surface area contributed by atoms with Gasteiger partial charge in [-0.1, -0.05) is 0 Å². The molecule has 0 aliphatic carbocycles. The largest absolute Gasteiger partial charge is 0.342 e. The van der Waals surface area contributed by atoms with Crippen LogP contribution >= 0.6 is 0 Å². The molecule has 0 aromatic heterocycles. The number of hydrogen-bond donors (Lipinski definition) is 1. The topological polar surface area (TPSA) is 55.9 Å². The molecule has 3 amide bonds. The summed E-state index contributed by atoms with van der Waals surface area (Å²) in [7, 11) is 2.00. The van der Waals surface area contributed by atoms with E-state index in [1.54, 1.807) is 0 Å². The van der Waals surface area contributed by atoms with Crippen LogP contribution in [0.5, 0.6) is 0 Å². The van der Waals surface area contributed by atoms with Crippen LogP contribution in [0.15, 0.2) is 0 Å². The second-order valence-corrected chi connectivity index (χ2v) is 8.45. The van der Waals surface area contributed by atoms with Crippen LogP contribution < -0.4 is 5.32 Å². The Balaban J connectivity index is 1.28. The predicted octanol–water partition coefficient (Wildman–Crippen LogP) is 1.66. The maximum absolute atomic E-state index is 13.0. The normalized spacial score (nSPS) is 32.9. The van der Waals surface area contributed by atoms with Crippen molar-refractivity contribution < 1.29 is 9.59 Å². The number of rotatable bonds is 2. The van der Waals surface area contributed by atoms with Gasteiger partial charge in [-0.25, -0.2) is 4.79 Å². The van der Waals surface area contributed by atoms with Gasteiger partial charge in [0.15, 0.2) is 0 Å². The lowest BCUT2D eigenvalue weighted by Gasteiger charge is -2.39. The number of carbonyl (C=O) groups excluding carboxylic acids is 2. The van der Waals surface area contributed by atoms with E-state index >= 15 is 0 Å². The number of fused-ring (bicyclic) bond motifs is 2. The summed E-state index contributed by atoms with van der Waals surface area (Å²) < 4.78 is 0. The third kappa shape index (κ3) is 3.50. The summed E-state index contributed by atoms with van der Waals surface area (Å²) >= 11 is 0. The van der Waals surface area contributed by atoms with E-state index in [2.05, 4.69) is 5.32 Å². The first-order chi connectivity index (χ1) is 12.1. The molecule has 4 aliphatic heterocycles. The van der Waals surface area contributed by atoms with E-state index < -0.39 is 0 Å². The molecule has 6 nitrogen and oxygen atoms in total. The van der Waals surface area contributed by atoms with Crippen LogP contribution in [0.4, 0.5) is 4.79 Å². The molecule has 1 N–H and O–H groups in total. The van der Waals surface area contributed by atoms with Gasteiger partial charge in [0, 0.05) is 57.3 Å². The van der Waals surface area contributed by atoms with Gasteiger partial charge < -0.3 is 20.0 Å². The molecule has 6 heteroatoms. The van der Waals surface area contributed by atoms with Crippen LogP contribution in [-0.2, 0) is 4.79 Å². The average Bonchev–Trinajstić information content (AvgIpc) is 3.29. The predicted molar refractivity (Wildman–Crippen MR) is 96.2 cm³/mol. The van der Waals surface area contributed by atoms with E-state index in [0.717, 1.165) is 64.7 Å². The van der Waals surface area contributed by atoms with Crippen molar-refractivity contribution in [2.24, 2.45) is 5.92 Å². The van der Waals surface area contributed by atoms with Gasteiger partial charge in [0.25, 0.3) is 0 Å². The molecule has 0 radical (unpaired) electrons. The summed E-state index contributed by atoms with van der Waals surface area (Å²) in [6.07, 6.45) is 8.63. The summed E-state index contributed by atoms with van der Waals surface area (Å²) in [6.45, 7) is 3.27. The molecule has 4 heterocycles. The smallest absolute Gasteiger partial charge is 0.319 e. The molecule has 4 fully saturated rings. The Bertz CT molecular complexity index is 500. The van der Waals surface area contributed by atoms with Gasteiger partial charge >= 0.3 is 6.03 Å². The Kier molecular flexibility index (Phi) is 4.89. The molecule has 2 atom stereocenters. The monoisotopic (exact) mass is 348 g/mol. The quantitative estimate of drug-likeness (QED) is 0.826. The zero-order valence-corrected chi connectivity index (χ0v) is 15.5. The maximum Gasteiger partial charge on any atom is 0.319 e. The van der Waals surface area contributed by atoms with Gasteiger partial charge in [-0.05, 0) is 51.4 Å². The molecule has 0 spiro atoms. The molecular weight excluding hydrogens is 316 g/mol. The lowest BCUT2D eigenvalue weighted by Crippen LogP contribution is -2.52. The molecule has 4 rings (SSSR count). The Hall–Kier alpha value is -1.30. The summed E-state index contributed by atoms with van der Waals surface area (Å²) in [5, 5.41) is 3.65. The van der Waals surface area contributed by atoms with Crippen molar-refractivity contribution in [2.45, 2.75) is 69.5 Å². The third-order valence-electron chi connectivity index (χ3n) is 6.83. The minimum absolute atomic E-state index is 0.0974. The Morgan fingerprint density at radius 2 is 1.44 bits per heavy atom. The molecule has 2 bridgehead atoms. The summed E-state index contributed by atoms with van der Waals surface area (Å²) in [5.74, 6) is 0.403. The highest BCUT2D eigenvalue weighted by Gasteiger charge is 2.38. The fourth-order valence-corrected chi connectivity index (χ4v) is 5.24. The zero-order chi connectivity index (χ0) is 17.4. The van der Waals surface area contributed by atoms with Gasteiger partial charge in [0.1, 0.15) is 0 Å². The molecule has 0 aromatic carbocycles. The zero-order valence-electron chi connectivity index (χ0n) is 15.5. The van der Waals surface area contributed by atoms with E-state index in [9.17, 15) is 9.59 Å². The number of piperidine rings is 2. The summed E-state index contributed by atoms with van der Waals surface area (Å²) in [4.78, 5) is 31.4. The highest BCUT2D eigenvalue weighted by atomic mass is 16.2. The number of carbonyl (C=O) groups is 2. The van der Waals surface area contributed by atoms with Crippen LogP contribution in [0.1, 0.15) is 51.4 Å². The van der Waals surface area contributed by atoms with E-state index in [4.69, 9.17) is 0 Å². The van der Waals surface area contributed by atoms with Crippen LogP contribution in [0.25, 0.3) is 0 Å². The van der Waals surface area contributed by atoms with Crippen molar-refractivity contribution in [3.63, 3.8) is 0 Å². The highest BCUT2D eigenvalue weighted by molar-refractivity contribution is 5.80. The van der Waals surface area contributed by atoms with Crippen molar-refractivity contribution in [2.75, 3.05) is 33.2 Å². The number of amides is 3. The third-order valence-corrected chi connectivity index (χ3v) is 6.83. The SMILES string of the molecule is CN(C(=O)C1CCN(C(=O)N2CCCC2)CC1)C1CC2CCC(C1)N2. The number of hydrogen-bond acceptors (Lipinski definition) is 3. The maximum atomic E-state index is 13.0. The van der Waals surface area contributed by atoms with Gasteiger partial charge in [0.2, 0.25) is 5.91 Å². The van der Waals surface area contributed by atoms with Gasteiger partial charge in [0.05, 0.1) is 0 Å². The molecule has 4 saturated heterocycles. The molecule has 25 heavy (non-hydrogen) atoms. The van der Waals surface area contributed by atoms with E-state index in [-0.39, 0.29) is 11.9 Å². The van der Waals surface area contributed by atoms with Crippen LogP contribution in [0.3, 0.4) is 0 Å². The standard InChI is InChI=1S/C19H32N4O2/c1-21(17-12-15-4-5-16(13-17)20-15)18(24)14-6-10-23(11-7-14)19(25)22-8-2-3-9-22/h14-17,20H,2-13H2,1H3. The summed E-state index contributed by atoms with van der Waals surface area (Å²) in [6, 6.07) is 1.81. The summed E-state index contributed by atoms with van der Waals surface area (Å²) in [5.41, 5.74) is 0. The molecule has 0 saturated carbocycles. The van der Waals surface area contributed by atoms with Crippen molar-refractivity contribution in [3.05, 3.63) is 0 Å². The molecule has 4 aliphatic rings. The molecule has 140 valence electrons. The molecular formula is C19H32N4O2. The van der Waals surface area contributed by atoms with Crippen LogP contribution in [0.2, 0.25) is 0 Å². The lowest BCUT2D eigenvalue weighted by atomic mass is 9.92. The van der Waals surface area contributed by atoms with Crippen LogP contribution in [-0.4, -0.2) is 78.0 Å². The Labute approximate surface area is 150 Å². The molecule has 2 unspecified atom stereocenters. The van der Waals surface area contributed by atoms with Crippen LogP contribution in [0, 0.1) is 5.92 Å². The van der Waals surface area contributed by atoms with Crippen molar-refractivity contribution in [3.8, 4) is 0 Å². The van der Waals surface area contributed by atoms with Gasteiger partial charge in [-0.2, -0.15) is 0 Å². The first-order valence-corrected chi connectivity index (χ1v) is 10.2. The first kappa shape index (κ1) is 17.1. The van der Waals surface area contributed by atoms with Crippen molar-refractivity contribution in [1.29, 1.82) is 0 Å². The number of nitrogens with one attached hydrogen (secondary N) is 1. The first-order valence-electron chi connectivity index (χ1n) is 10.2.